The second-order valence-corrected chi connectivity index (χ2v) is 5.97. The van der Waals surface area contributed by atoms with Crippen LogP contribution < -0.4 is 5.73 Å². The fourth-order valence-electron chi connectivity index (χ4n) is 2.71. The second kappa shape index (κ2) is 4.54. The van der Waals surface area contributed by atoms with E-state index >= 15 is 0 Å². The summed E-state index contributed by atoms with van der Waals surface area (Å²) in [6, 6.07) is 10.5. The minimum absolute atomic E-state index is 0.586. The number of benzene rings is 1. The summed E-state index contributed by atoms with van der Waals surface area (Å²) < 4.78 is 0. The Hall–Kier alpha value is -1.98. The van der Waals surface area contributed by atoms with Gasteiger partial charge >= 0.3 is 0 Å². The molecular formula is C15H14N4S. The van der Waals surface area contributed by atoms with Crippen LogP contribution in [0.2, 0.25) is 0 Å². The van der Waals surface area contributed by atoms with Gasteiger partial charge in [-0.2, -0.15) is 0 Å². The van der Waals surface area contributed by atoms with Crippen molar-refractivity contribution < 1.29 is 0 Å². The molecule has 0 saturated heterocycles. The molecule has 1 aromatic carbocycles. The molecule has 100 valence electrons. The first-order valence-electron chi connectivity index (χ1n) is 6.58. The van der Waals surface area contributed by atoms with Crippen LogP contribution in [0.25, 0.3) is 10.2 Å². The van der Waals surface area contributed by atoms with Crippen molar-refractivity contribution in [1.82, 2.24) is 14.9 Å². The highest BCUT2D eigenvalue weighted by Crippen LogP contribution is 2.26. The molecule has 0 aliphatic carbocycles. The lowest BCUT2D eigenvalue weighted by atomic mass is 10.1. The van der Waals surface area contributed by atoms with Crippen LogP contribution in [0.15, 0.2) is 35.7 Å². The van der Waals surface area contributed by atoms with Crippen LogP contribution >= 0.6 is 11.3 Å². The number of aromatic nitrogens is 2. The zero-order chi connectivity index (χ0) is 13.5. The van der Waals surface area contributed by atoms with Crippen molar-refractivity contribution in [3.63, 3.8) is 0 Å². The molecule has 5 heteroatoms. The number of nitrogens with zero attached hydrogens (tertiary/aromatic N) is 3. The van der Waals surface area contributed by atoms with Gasteiger partial charge in [-0.3, -0.25) is 4.90 Å². The van der Waals surface area contributed by atoms with Gasteiger partial charge in [-0.15, -0.1) is 11.3 Å². The Kier molecular flexibility index (Phi) is 2.68. The van der Waals surface area contributed by atoms with E-state index in [0.717, 1.165) is 35.7 Å². The molecule has 2 N–H and O–H groups in total. The molecule has 0 spiro atoms. The molecule has 0 unspecified atom stereocenters. The zero-order valence-electron chi connectivity index (χ0n) is 10.9. The predicted molar refractivity (Wildman–Crippen MR) is 81.2 cm³/mol. The minimum Gasteiger partial charge on any atom is -0.383 e. The lowest BCUT2D eigenvalue weighted by Gasteiger charge is -2.13. The van der Waals surface area contributed by atoms with Gasteiger partial charge < -0.3 is 5.73 Å². The number of thiophene rings is 1. The quantitative estimate of drug-likeness (QED) is 0.785. The highest BCUT2D eigenvalue weighted by Gasteiger charge is 2.19. The summed E-state index contributed by atoms with van der Waals surface area (Å²) in [4.78, 5) is 12.4. The normalized spacial score (nSPS) is 14.8. The van der Waals surface area contributed by atoms with Crippen molar-refractivity contribution in [2.24, 2.45) is 0 Å². The molecule has 20 heavy (non-hydrogen) atoms. The molecule has 0 amide bonds. The third-order valence-electron chi connectivity index (χ3n) is 3.67. The van der Waals surface area contributed by atoms with Crippen LogP contribution in [0.1, 0.15) is 17.0 Å². The summed E-state index contributed by atoms with van der Waals surface area (Å²) in [6.45, 7) is 2.66. The highest BCUT2D eigenvalue weighted by molar-refractivity contribution is 7.16. The molecule has 1 aliphatic heterocycles. The number of fused-ring (bicyclic) bond motifs is 2. The number of hydrogen-bond donors (Lipinski definition) is 1. The maximum atomic E-state index is 6.00. The Morgan fingerprint density at radius 1 is 1.10 bits per heavy atom. The monoisotopic (exact) mass is 282 g/mol. The van der Waals surface area contributed by atoms with E-state index in [9.17, 15) is 0 Å². The number of anilines is 1. The summed E-state index contributed by atoms with van der Waals surface area (Å²) in [6.07, 6.45) is 0. The van der Waals surface area contributed by atoms with Gasteiger partial charge in [-0.1, -0.05) is 24.3 Å². The average molecular weight is 282 g/mol. The van der Waals surface area contributed by atoms with Crippen molar-refractivity contribution in [1.29, 1.82) is 0 Å². The van der Waals surface area contributed by atoms with Crippen LogP contribution in [0.5, 0.6) is 0 Å². The van der Waals surface area contributed by atoms with Crippen LogP contribution in [0.3, 0.4) is 0 Å². The molecule has 0 saturated carbocycles. The van der Waals surface area contributed by atoms with Gasteiger partial charge in [0.1, 0.15) is 16.5 Å². The minimum atomic E-state index is 0.586. The maximum Gasteiger partial charge on any atom is 0.146 e. The first kappa shape index (κ1) is 11.8. The van der Waals surface area contributed by atoms with Crippen molar-refractivity contribution in [2.75, 3.05) is 5.73 Å². The lowest BCUT2D eigenvalue weighted by Crippen LogP contribution is -2.18. The number of nitrogen functional groups attached to an aromatic ring is 1. The number of hydrogen-bond acceptors (Lipinski definition) is 5. The Morgan fingerprint density at radius 2 is 1.85 bits per heavy atom. The summed E-state index contributed by atoms with van der Waals surface area (Å²) >= 11 is 1.61. The average Bonchev–Trinajstić information content (AvgIpc) is 3.04. The molecule has 1 aliphatic rings. The largest absolute Gasteiger partial charge is 0.383 e. The Balaban J connectivity index is 1.60. The molecule has 0 fully saturated rings. The number of rotatable bonds is 2. The van der Waals surface area contributed by atoms with Gasteiger partial charge in [0, 0.05) is 13.1 Å². The SMILES string of the molecule is Nc1nc(CN2Cc3ccccc3C2)nc2sccc12. The summed E-state index contributed by atoms with van der Waals surface area (Å²) in [5.41, 5.74) is 8.80. The molecule has 4 rings (SSSR count). The van der Waals surface area contributed by atoms with Gasteiger partial charge in [-0.05, 0) is 22.6 Å². The van der Waals surface area contributed by atoms with Gasteiger partial charge in [0.05, 0.1) is 11.9 Å². The van der Waals surface area contributed by atoms with Crippen LogP contribution in [0.4, 0.5) is 5.82 Å². The third-order valence-corrected chi connectivity index (χ3v) is 4.48. The molecule has 0 radical (unpaired) electrons. The van der Waals surface area contributed by atoms with Crippen LogP contribution in [-0.4, -0.2) is 14.9 Å². The first-order chi connectivity index (χ1) is 9.79. The molecule has 0 atom stereocenters. The molecule has 4 nitrogen and oxygen atoms in total. The standard InChI is InChI=1S/C15H14N4S/c16-14-12-5-6-20-15(12)18-13(17-14)9-19-7-10-3-1-2-4-11(10)8-19/h1-6H,7-9H2,(H2,16,17,18). The summed E-state index contributed by atoms with van der Waals surface area (Å²) in [5, 5.41) is 2.97. The maximum absolute atomic E-state index is 6.00. The summed E-state index contributed by atoms with van der Waals surface area (Å²) in [5.74, 6) is 1.40. The molecular weight excluding hydrogens is 268 g/mol. The third kappa shape index (κ3) is 1.95. The smallest absolute Gasteiger partial charge is 0.146 e. The van der Waals surface area contributed by atoms with E-state index in [1.165, 1.54) is 11.1 Å². The van der Waals surface area contributed by atoms with Crippen LogP contribution in [-0.2, 0) is 19.6 Å². The van der Waals surface area contributed by atoms with E-state index in [4.69, 9.17) is 5.73 Å². The van der Waals surface area contributed by atoms with E-state index < -0.39 is 0 Å². The Bertz CT molecular complexity index is 755. The van der Waals surface area contributed by atoms with Crippen molar-refractivity contribution in [3.8, 4) is 0 Å². The van der Waals surface area contributed by atoms with Crippen molar-refractivity contribution >= 4 is 27.4 Å². The second-order valence-electron chi connectivity index (χ2n) is 5.08. The molecule has 2 aromatic heterocycles. The lowest BCUT2D eigenvalue weighted by molar-refractivity contribution is 0.269. The van der Waals surface area contributed by atoms with Gasteiger partial charge in [0.15, 0.2) is 0 Å². The molecule has 0 bridgehead atoms. The van der Waals surface area contributed by atoms with Crippen LogP contribution in [0, 0.1) is 0 Å². The van der Waals surface area contributed by atoms with Gasteiger partial charge in [-0.25, -0.2) is 9.97 Å². The summed E-state index contributed by atoms with van der Waals surface area (Å²) in [7, 11) is 0. The fraction of sp³-hybridized carbons (Fsp3) is 0.200. The number of nitrogens with two attached hydrogens (primary N) is 1. The topological polar surface area (TPSA) is 55.0 Å². The van der Waals surface area contributed by atoms with E-state index in [1.807, 2.05) is 11.4 Å². The van der Waals surface area contributed by atoms with Gasteiger partial charge in [0.25, 0.3) is 0 Å². The molecule has 3 heterocycles. The Labute approximate surface area is 120 Å². The van der Waals surface area contributed by atoms with E-state index in [-0.39, 0.29) is 0 Å². The van der Waals surface area contributed by atoms with Gasteiger partial charge in [0.2, 0.25) is 0 Å². The van der Waals surface area contributed by atoms with E-state index in [0.29, 0.717) is 5.82 Å². The van der Waals surface area contributed by atoms with Crippen molar-refractivity contribution in [2.45, 2.75) is 19.6 Å². The van der Waals surface area contributed by atoms with Crippen molar-refractivity contribution in [3.05, 3.63) is 52.7 Å². The first-order valence-corrected chi connectivity index (χ1v) is 7.46. The zero-order valence-corrected chi connectivity index (χ0v) is 11.7. The Morgan fingerprint density at radius 3 is 2.60 bits per heavy atom. The predicted octanol–water partition coefficient (Wildman–Crippen LogP) is 2.79. The van der Waals surface area contributed by atoms with E-state index in [2.05, 4.69) is 39.1 Å². The van der Waals surface area contributed by atoms with E-state index in [1.54, 1.807) is 11.3 Å². The fourth-order valence-corrected chi connectivity index (χ4v) is 3.50. The molecule has 3 aromatic rings. The highest BCUT2D eigenvalue weighted by atomic mass is 32.1.